The average molecular weight is 464 g/mol. The quantitative estimate of drug-likeness (QED) is 0.231. The Morgan fingerprint density at radius 2 is 1.44 bits per heavy atom. The van der Waals surface area contributed by atoms with E-state index < -0.39 is 0 Å². The Morgan fingerprint density at radius 3 is 2.12 bits per heavy atom. The van der Waals surface area contributed by atoms with Crippen LogP contribution >= 0.6 is 0 Å². The van der Waals surface area contributed by atoms with Crippen LogP contribution in [0.25, 0.3) is 11.3 Å². The maximum atomic E-state index is 6.07. The van der Waals surface area contributed by atoms with Crippen LogP contribution < -0.4 is 4.74 Å². The first-order valence-corrected chi connectivity index (χ1v) is 14.5. The highest BCUT2D eigenvalue weighted by atomic mass is 16.5. The molecule has 0 amide bonds. The summed E-state index contributed by atoms with van der Waals surface area (Å²) < 4.78 is 6.07. The fraction of sp³-hybridized carbons (Fsp3) is 0.656. The van der Waals surface area contributed by atoms with E-state index in [-0.39, 0.29) is 0 Å². The number of hydrogen-bond acceptors (Lipinski definition) is 2. The van der Waals surface area contributed by atoms with Crippen molar-refractivity contribution in [3.05, 3.63) is 48.2 Å². The van der Waals surface area contributed by atoms with Crippen LogP contribution in [0.1, 0.15) is 116 Å². The minimum Gasteiger partial charge on any atom is -0.494 e. The molecule has 1 fully saturated rings. The molecule has 2 atom stereocenters. The zero-order valence-electron chi connectivity index (χ0n) is 22.1. The zero-order chi connectivity index (χ0) is 23.8. The van der Waals surface area contributed by atoms with E-state index in [2.05, 4.69) is 56.4 Å². The molecule has 1 heterocycles. The lowest BCUT2D eigenvalue weighted by Crippen LogP contribution is -2.20. The molecular weight excluding hydrogens is 414 g/mol. The molecule has 0 aliphatic heterocycles. The van der Waals surface area contributed by atoms with Gasteiger partial charge in [-0.15, -0.1) is 0 Å². The van der Waals surface area contributed by atoms with Gasteiger partial charge in [0.15, 0.2) is 0 Å². The number of unbranched alkanes of at least 4 members (excludes halogenated alkanes) is 6. The Labute approximate surface area is 209 Å². The Balaban J connectivity index is 1.35. The van der Waals surface area contributed by atoms with Crippen LogP contribution in [0, 0.1) is 11.8 Å². The van der Waals surface area contributed by atoms with E-state index in [4.69, 9.17) is 9.72 Å². The molecule has 3 rings (SSSR count). The van der Waals surface area contributed by atoms with Gasteiger partial charge in [-0.25, -0.2) is 0 Å². The Hall–Kier alpha value is -1.83. The number of ether oxygens (including phenoxy) is 1. The van der Waals surface area contributed by atoms with E-state index in [1.54, 1.807) is 0 Å². The normalized spacial score (nSPS) is 18.2. The summed E-state index contributed by atoms with van der Waals surface area (Å²) in [5, 5.41) is 0. The molecule has 1 aliphatic carbocycles. The summed E-state index contributed by atoms with van der Waals surface area (Å²) in [6, 6.07) is 12.9. The van der Waals surface area contributed by atoms with Gasteiger partial charge < -0.3 is 4.74 Å². The van der Waals surface area contributed by atoms with Gasteiger partial charge in [-0.3, -0.25) is 4.98 Å². The molecule has 0 spiro atoms. The topological polar surface area (TPSA) is 22.1 Å². The molecule has 2 unspecified atom stereocenters. The van der Waals surface area contributed by atoms with E-state index in [0.29, 0.717) is 0 Å². The molecular formula is C32H49NO. The first kappa shape index (κ1) is 26.8. The Morgan fingerprint density at radius 1 is 0.735 bits per heavy atom. The van der Waals surface area contributed by atoms with E-state index >= 15 is 0 Å². The fourth-order valence-electron chi connectivity index (χ4n) is 5.70. The minimum absolute atomic E-state index is 0.834. The first-order chi connectivity index (χ1) is 16.8. The van der Waals surface area contributed by atoms with Gasteiger partial charge in [0, 0.05) is 11.8 Å². The number of benzene rings is 1. The highest BCUT2D eigenvalue weighted by molar-refractivity contribution is 5.60. The maximum Gasteiger partial charge on any atom is 0.119 e. The second-order valence-corrected chi connectivity index (χ2v) is 10.5. The van der Waals surface area contributed by atoms with Crippen LogP contribution in [0.15, 0.2) is 42.6 Å². The molecule has 188 valence electrons. The van der Waals surface area contributed by atoms with Crippen molar-refractivity contribution in [1.29, 1.82) is 0 Å². The third-order valence-electron chi connectivity index (χ3n) is 7.76. The molecule has 1 saturated carbocycles. The van der Waals surface area contributed by atoms with Crippen molar-refractivity contribution in [3.63, 3.8) is 0 Å². The third kappa shape index (κ3) is 9.43. The van der Waals surface area contributed by atoms with Crippen LogP contribution in [0.2, 0.25) is 0 Å². The standard InChI is InChI=1S/C32H49NO/c1-3-5-6-7-8-9-10-15-27-19-24-32(33-26-27)30-20-22-31(23-21-30)34-25-13-18-29-17-12-11-16-28(29)14-4-2/h19-24,26,28-29H,3-18,25H2,1-2H3. The first-order valence-electron chi connectivity index (χ1n) is 14.5. The predicted molar refractivity (Wildman–Crippen MR) is 146 cm³/mol. The number of nitrogens with zero attached hydrogens (tertiary/aromatic N) is 1. The fourth-order valence-corrected chi connectivity index (χ4v) is 5.70. The number of aryl methyl sites for hydroxylation is 1. The van der Waals surface area contributed by atoms with Crippen LogP contribution in [0.5, 0.6) is 5.75 Å². The summed E-state index contributed by atoms with van der Waals surface area (Å²) in [7, 11) is 0. The van der Waals surface area contributed by atoms with Crippen molar-refractivity contribution in [3.8, 4) is 17.0 Å². The van der Waals surface area contributed by atoms with Crippen LogP contribution in [-0.4, -0.2) is 11.6 Å². The largest absolute Gasteiger partial charge is 0.494 e. The van der Waals surface area contributed by atoms with Gasteiger partial charge in [-0.1, -0.05) is 97.0 Å². The number of aromatic nitrogens is 1. The molecule has 0 radical (unpaired) electrons. The molecule has 2 aromatic rings. The maximum absolute atomic E-state index is 6.07. The van der Waals surface area contributed by atoms with Crippen LogP contribution in [0.3, 0.4) is 0 Å². The van der Waals surface area contributed by atoms with Gasteiger partial charge in [0.1, 0.15) is 5.75 Å². The van der Waals surface area contributed by atoms with Gasteiger partial charge in [0.05, 0.1) is 12.3 Å². The lowest BCUT2D eigenvalue weighted by Gasteiger charge is -2.31. The average Bonchev–Trinajstić information content (AvgIpc) is 2.88. The summed E-state index contributed by atoms with van der Waals surface area (Å²) in [4.78, 5) is 4.73. The highest BCUT2D eigenvalue weighted by Gasteiger charge is 2.23. The van der Waals surface area contributed by atoms with Crippen molar-refractivity contribution in [2.45, 2.75) is 117 Å². The molecule has 1 aliphatic rings. The van der Waals surface area contributed by atoms with Gasteiger partial charge >= 0.3 is 0 Å². The van der Waals surface area contributed by atoms with E-state index in [9.17, 15) is 0 Å². The molecule has 34 heavy (non-hydrogen) atoms. The summed E-state index contributed by atoms with van der Waals surface area (Å²) in [5.41, 5.74) is 3.57. The smallest absolute Gasteiger partial charge is 0.119 e. The van der Waals surface area contributed by atoms with E-state index in [1.807, 2.05) is 0 Å². The Kier molecular flexibility index (Phi) is 12.6. The second kappa shape index (κ2) is 16.0. The van der Waals surface area contributed by atoms with Crippen LogP contribution in [0.4, 0.5) is 0 Å². The number of hydrogen-bond donors (Lipinski definition) is 0. The van der Waals surface area contributed by atoms with Crippen molar-refractivity contribution >= 4 is 0 Å². The van der Waals surface area contributed by atoms with Crippen molar-refractivity contribution < 1.29 is 4.74 Å². The van der Waals surface area contributed by atoms with Gasteiger partial charge in [0.2, 0.25) is 0 Å². The minimum atomic E-state index is 0.834. The number of rotatable bonds is 16. The molecule has 0 N–H and O–H groups in total. The van der Waals surface area contributed by atoms with Crippen LogP contribution in [-0.2, 0) is 6.42 Å². The third-order valence-corrected chi connectivity index (χ3v) is 7.76. The summed E-state index contributed by atoms with van der Waals surface area (Å²) in [6.07, 6.45) is 23.7. The van der Waals surface area contributed by atoms with Crippen molar-refractivity contribution in [2.24, 2.45) is 11.8 Å². The SMILES string of the molecule is CCCCCCCCCc1ccc(-c2ccc(OCCCC3CCCCC3CCC)cc2)nc1. The second-order valence-electron chi connectivity index (χ2n) is 10.5. The van der Waals surface area contributed by atoms with Crippen molar-refractivity contribution in [1.82, 2.24) is 4.98 Å². The molecule has 2 nitrogen and oxygen atoms in total. The monoisotopic (exact) mass is 463 g/mol. The molecule has 1 aromatic heterocycles. The molecule has 0 saturated heterocycles. The van der Waals surface area contributed by atoms with Gasteiger partial charge in [0.25, 0.3) is 0 Å². The lowest BCUT2D eigenvalue weighted by molar-refractivity contribution is 0.193. The zero-order valence-corrected chi connectivity index (χ0v) is 22.1. The number of pyridine rings is 1. The predicted octanol–water partition coefficient (Wildman–Crippen LogP) is 9.81. The Bertz CT molecular complexity index is 765. The molecule has 0 bridgehead atoms. The van der Waals surface area contributed by atoms with Gasteiger partial charge in [-0.2, -0.15) is 0 Å². The van der Waals surface area contributed by atoms with E-state index in [0.717, 1.165) is 36.3 Å². The molecule has 1 aromatic carbocycles. The van der Waals surface area contributed by atoms with Crippen molar-refractivity contribution in [2.75, 3.05) is 6.61 Å². The lowest BCUT2D eigenvalue weighted by atomic mass is 9.75. The summed E-state index contributed by atoms with van der Waals surface area (Å²) in [6.45, 7) is 5.44. The summed E-state index contributed by atoms with van der Waals surface area (Å²) in [5.74, 6) is 2.88. The molecule has 2 heteroatoms. The van der Waals surface area contributed by atoms with Gasteiger partial charge in [-0.05, 0) is 73.4 Å². The highest BCUT2D eigenvalue weighted by Crippen LogP contribution is 2.36. The summed E-state index contributed by atoms with van der Waals surface area (Å²) >= 11 is 0. The van der Waals surface area contributed by atoms with E-state index in [1.165, 1.54) is 107 Å².